The van der Waals surface area contributed by atoms with Crippen molar-refractivity contribution in [1.82, 2.24) is 0 Å². The summed E-state index contributed by atoms with van der Waals surface area (Å²) in [7, 11) is 0. The summed E-state index contributed by atoms with van der Waals surface area (Å²) in [6.45, 7) is 2.17. The van der Waals surface area contributed by atoms with Crippen molar-refractivity contribution in [2.45, 2.75) is 12.3 Å². The van der Waals surface area contributed by atoms with E-state index in [0.717, 1.165) is 0 Å². The first-order valence-corrected chi connectivity index (χ1v) is 22.3. The zero-order chi connectivity index (χ0) is 42.6. The fourth-order valence-electron chi connectivity index (χ4n) is 10.7. The second-order valence-electron chi connectivity index (χ2n) is 17.2. The van der Waals surface area contributed by atoms with Gasteiger partial charge >= 0.3 is 0 Å². The average molecular weight is 813 g/mol. The molecule has 11 aromatic carbocycles. The van der Waals surface area contributed by atoms with E-state index in [1.54, 1.807) is 0 Å². The van der Waals surface area contributed by atoms with Crippen molar-refractivity contribution in [3.8, 4) is 44.5 Å². The van der Waals surface area contributed by atoms with E-state index in [2.05, 4.69) is 256 Å². The highest BCUT2D eigenvalue weighted by Crippen LogP contribution is 2.56. The number of hydrogen-bond donors (Lipinski definition) is 0. The SMILES string of the molecule is Cc1ccc(C2(c3ccc(-c4c5ccccc5c(-c5ccc(/C=C/c6ccc(-c7cccc8ccccc78)cc6)cc5)c5ccccc45)cc3)c3ccccc3-c3ccccc32)cc1. The van der Waals surface area contributed by atoms with Crippen molar-refractivity contribution in [2.24, 2.45) is 0 Å². The topological polar surface area (TPSA) is 0 Å². The van der Waals surface area contributed by atoms with Crippen molar-refractivity contribution >= 4 is 44.5 Å². The molecule has 0 atom stereocenters. The third-order valence-corrected chi connectivity index (χ3v) is 13.7. The number of hydrogen-bond acceptors (Lipinski definition) is 0. The minimum absolute atomic E-state index is 0.433. The van der Waals surface area contributed by atoms with Crippen molar-refractivity contribution in [3.63, 3.8) is 0 Å². The Labute approximate surface area is 375 Å². The number of fused-ring (bicyclic) bond motifs is 6. The molecule has 0 nitrogen and oxygen atoms in total. The molecule has 64 heavy (non-hydrogen) atoms. The maximum Gasteiger partial charge on any atom is 0.0713 e. The van der Waals surface area contributed by atoms with Gasteiger partial charge in [-0.2, -0.15) is 0 Å². The van der Waals surface area contributed by atoms with Crippen LogP contribution in [0.1, 0.15) is 38.9 Å². The Balaban J connectivity index is 0.913. The lowest BCUT2D eigenvalue weighted by molar-refractivity contribution is 0.768. The minimum atomic E-state index is -0.433. The van der Waals surface area contributed by atoms with E-state index < -0.39 is 5.41 Å². The van der Waals surface area contributed by atoms with Gasteiger partial charge in [0.1, 0.15) is 0 Å². The molecule has 0 spiro atoms. The first kappa shape index (κ1) is 37.7. The summed E-state index contributed by atoms with van der Waals surface area (Å²) in [6.07, 6.45) is 4.42. The molecule has 0 saturated carbocycles. The second kappa shape index (κ2) is 15.4. The molecule has 0 heterocycles. The molecule has 0 aromatic heterocycles. The van der Waals surface area contributed by atoms with Gasteiger partial charge in [0.15, 0.2) is 0 Å². The molecule has 0 saturated heterocycles. The molecule has 0 unspecified atom stereocenters. The van der Waals surface area contributed by atoms with Crippen LogP contribution in [0, 0.1) is 6.92 Å². The first-order valence-electron chi connectivity index (χ1n) is 22.3. The van der Waals surface area contributed by atoms with Gasteiger partial charge in [-0.25, -0.2) is 0 Å². The van der Waals surface area contributed by atoms with Gasteiger partial charge in [0, 0.05) is 0 Å². The zero-order valence-electron chi connectivity index (χ0n) is 35.7. The van der Waals surface area contributed by atoms with Gasteiger partial charge in [-0.15, -0.1) is 0 Å². The molecular formula is C64H44. The van der Waals surface area contributed by atoms with Crippen LogP contribution in [0.25, 0.3) is 89.0 Å². The van der Waals surface area contributed by atoms with Gasteiger partial charge in [0.2, 0.25) is 0 Å². The van der Waals surface area contributed by atoms with E-state index in [9.17, 15) is 0 Å². The second-order valence-corrected chi connectivity index (χ2v) is 17.2. The Kier molecular flexibility index (Phi) is 9.06. The Morgan fingerprint density at radius 3 is 1.19 bits per heavy atom. The average Bonchev–Trinajstić information content (AvgIpc) is 3.66. The summed E-state index contributed by atoms with van der Waals surface area (Å²) in [5.74, 6) is 0. The van der Waals surface area contributed by atoms with Gasteiger partial charge < -0.3 is 0 Å². The predicted molar refractivity (Wildman–Crippen MR) is 273 cm³/mol. The van der Waals surface area contributed by atoms with Crippen LogP contribution in [0.3, 0.4) is 0 Å². The van der Waals surface area contributed by atoms with Crippen LogP contribution in [0.5, 0.6) is 0 Å². The third kappa shape index (κ3) is 6.06. The molecule has 1 aliphatic carbocycles. The molecule has 0 N–H and O–H groups in total. The molecule has 0 radical (unpaired) electrons. The fraction of sp³-hybridized carbons (Fsp3) is 0.0312. The Bertz CT molecular complexity index is 3460. The Morgan fingerprint density at radius 2 is 0.672 bits per heavy atom. The molecule has 12 rings (SSSR count). The maximum absolute atomic E-state index is 2.39. The van der Waals surface area contributed by atoms with Crippen LogP contribution >= 0.6 is 0 Å². The standard InChI is InChI=1S/C64H44/c1-43-25-39-50(40-26-43)64(60-23-10-8-16-54(60)55-17-9-11-24-61(55)64)51-41-37-49(38-42-51)63-58-20-6-4-18-56(58)62(57-19-5-7-21-59(57)63)48-35-31-45(32-36-48)28-27-44-29-33-47(34-30-44)53-22-12-14-46-13-2-3-15-52(46)53/h2-42H,1H3/b28-27+. The molecule has 300 valence electrons. The van der Waals surface area contributed by atoms with Crippen molar-refractivity contribution in [2.75, 3.05) is 0 Å². The first-order chi connectivity index (χ1) is 31.6. The maximum atomic E-state index is 2.39. The van der Waals surface area contributed by atoms with E-state index in [1.807, 2.05) is 0 Å². The van der Waals surface area contributed by atoms with E-state index >= 15 is 0 Å². The molecule has 0 amide bonds. The van der Waals surface area contributed by atoms with E-state index in [-0.39, 0.29) is 0 Å². The Morgan fingerprint density at radius 1 is 0.297 bits per heavy atom. The Hall–Kier alpha value is -8.06. The molecule has 0 bridgehead atoms. The van der Waals surface area contributed by atoms with Crippen LogP contribution in [-0.4, -0.2) is 0 Å². The molecule has 11 aromatic rings. The summed E-state index contributed by atoms with van der Waals surface area (Å²) in [4.78, 5) is 0. The smallest absolute Gasteiger partial charge is 0.0619 e. The number of benzene rings is 11. The molecule has 0 heteroatoms. The van der Waals surface area contributed by atoms with Gasteiger partial charge in [0.25, 0.3) is 0 Å². The van der Waals surface area contributed by atoms with E-state index in [1.165, 1.54) is 116 Å². The fourth-order valence-corrected chi connectivity index (χ4v) is 10.7. The summed E-state index contributed by atoms with van der Waals surface area (Å²) < 4.78 is 0. The minimum Gasteiger partial charge on any atom is -0.0619 e. The number of rotatable bonds is 7. The summed E-state index contributed by atoms with van der Waals surface area (Å²) in [6, 6.07) is 87.6. The van der Waals surface area contributed by atoms with Crippen molar-refractivity contribution < 1.29 is 0 Å². The van der Waals surface area contributed by atoms with Gasteiger partial charge in [-0.05, 0) is 117 Å². The highest BCUT2D eigenvalue weighted by atomic mass is 14.5. The van der Waals surface area contributed by atoms with Crippen molar-refractivity contribution in [1.29, 1.82) is 0 Å². The lowest BCUT2D eigenvalue weighted by atomic mass is 9.67. The van der Waals surface area contributed by atoms with E-state index in [4.69, 9.17) is 0 Å². The van der Waals surface area contributed by atoms with Gasteiger partial charge in [-0.1, -0.05) is 254 Å². The molecule has 1 aliphatic rings. The number of aryl methyl sites for hydroxylation is 1. The molecular weight excluding hydrogens is 769 g/mol. The highest BCUT2D eigenvalue weighted by molar-refractivity contribution is 6.21. The summed E-state index contributed by atoms with van der Waals surface area (Å²) in [5, 5.41) is 7.56. The van der Waals surface area contributed by atoms with Crippen LogP contribution in [0.15, 0.2) is 237 Å². The normalized spacial score (nSPS) is 12.8. The molecule has 0 fully saturated rings. The quantitative estimate of drug-likeness (QED) is 0.111. The monoisotopic (exact) mass is 812 g/mol. The summed E-state index contributed by atoms with van der Waals surface area (Å²) in [5.41, 5.74) is 18.5. The van der Waals surface area contributed by atoms with Crippen LogP contribution in [0.4, 0.5) is 0 Å². The highest BCUT2D eigenvalue weighted by Gasteiger charge is 2.45. The largest absolute Gasteiger partial charge is 0.0713 e. The van der Waals surface area contributed by atoms with E-state index in [0.29, 0.717) is 0 Å². The molecule has 0 aliphatic heterocycles. The third-order valence-electron chi connectivity index (χ3n) is 13.7. The lowest BCUT2D eigenvalue weighted by Crippen LogP contribution is -2.28. The van der Waals surface area contributed by atoms with Crippen molar-refractivity contribution in [3.05, 3.63) is 276 Å². The van der Waals surface area contributed by atoms with Crippen LogP contribution in [0.2, 0.25) is 0 Å². The zero-order valence-corrected chi connectivity index (χ0v) is 35.7. The van der Waals surface area contributed by atoms with Crippen LogP contribution in [-0.2, 0) is 5.41 Å². The van der Waals surface area contributed by atoms with Gasteiger partial charge in [0.05, 0.1) is 5.41 Å². The predicted octanol–water partition coefficient (Wildman–Crippen LogP) is 17.0. The lowest BCUT2D eigenvalue weighted by Gasteiger charge is -2.34. The van der Waals surface area contributed by atoms with Crippen LogP contribution < -0.4 is 0 Å². The van der Waals surface area contributed by atoms with Gasteiger partial charge in [-0.3, -0.25) is 0 Å². The summed E-state index contributed by atoms with van der Waals surface area (Å²) >= 11 is 0.